The molecule has 82 valence electrons. The maximum absolute atomic E-state index is 5.99. The van der Waals surface area contributed by atoms with Crippen molar-refractivity contribution < 1.29 is 0 Å². The molecule has 15 heavy (non-hydrogen) atoms. The molecule has 0 fully saturated rings. The molecule has 0 aromatic carbocycles. The van der Waals surface area contributed by atoms with Crippen molar-refractivity contribution in [2.75, 3.05) is 0 Å². The summed E-state index contributed by atoms with van der Waals surface area (Å²) in [6.45, 7) is 0. The molecule has 2 rings (SSSR count). The Kier molecular flexibility index (Phi) is 3.21. The summed E-state index contributed by atoms with van der Waals surface area (Å²) in [5.74, 6) is 0. The van der Waals surface area contributed by atoms with Crippen LogP contribution in [0.5, 0.6) is 0 Å². The average Bonchev–Trinajstić information content (AvgIpc) is 2.40. The summed E-state index contributed by atoms with van der Waals surface area (Å²) in [6, 6.07) is 0.171. The van der Waals surface area contributed by atoms with Crippen LogP contribution in [0.2, 0.25) is 0 Å². The van der Waals surface area contributed by atoms with Crippen LogP contribution in [0.25, 0.3) is 5.57 Å². The van der Waals surface area contributed by atoms with E-state index >= 15 is 0 Å². The van der Waals surface area contributed by atoms with Crippen LogP contribution in [0.1, 0.15) is 31.4 Å². The fraction of sp³-hybridized carbons (Fsp3) is 0.600. The number of aryl methyl sites for hydroxylation is 1. The highest BCUT2D eigenvalue weighted by Crippen LogP contribution is 2.28. The Morgan fingerprint density at radius 3 is 3.00 bits per heavy atom. The molecule has 4 nitrogen and oxygen atoms in total. The lowest BCUT2D eigenvalue weighted by molar-refractivity contribution is 0.657. The number of hydrogen-bond acceptors (Lipinski definition) is 3. The first-order valence-corrected chi connectivity index (χ1v) is 5.99. The molecule has 0 amide bonds. The Morgan fingerprint density at radius 1 is 1.53 bits per heavy atom. The monoisotopic (exact) mass is 270 g/mol. The van der Waals surface area contributed by atoms with Crippen LogP contribution in [0.3, 0.4) is 0 Å². The summed E-state index contributed by atoms with van der Waals surface area (Å²) in [5.41, 5.74) is 8.32. The highest BCUT2D eigenvalue weighted by Gasteiger charge is 2.16. The Bertz CT molecular complexity index is 363. The summed E-state index contributed by atoms with van der Waals surface area (Å²) in [6.07, 6.45) is 6.68. The molecule has 1 atom stereocenters. The minimum Gasteiger partial charge on any atom is -0.324 e. The van der Waals surface area contributed by atoms with Crippen molar-refractivity contribution in [3.63, 3.8) is 0 Å². The van der Waals surface area contributed by atoms with E-state index in [1.54, 1.807) is 4.68 Å². The second-order valence-corrected chi connectivity index (χ2v) is 4.71. The molecular weight excluding hydrogens is 256 g/mol. The van der Waals surface area contributed by atoms with Gasteiger partial charge in [-0.05, 0) is 40.8 Å². The Labute approximate surface area is 97.7 Å². The fourth-order valence-corrected chi connectivity index (χ4v) is 2.57. The topological polar surface area (TPSA) is 56.7 Å². The largest absolute Gasteiger partial charge is 0.324 e. The van der Waals surface area contributed by atoms with Crippen LogP contribution in [-0.4, -0.2) is 21.0 Å². The first kappa shape index (κ1) is 10.8. The van der Waals surface area contributed by atoms with Gasteiger partial charge in [-0.2, -0.15) is 0 Å². The van der Waals surface area contributed by atoms with Crippen LogP contribution in [-0.2, 0) is 7.05 Å². The molecule has 5 heteroatoms. The number of allylic oxidation sites excluding steroid dienone is 1. The molecule has 0 bridgehead atoms. The van der Waals surface area contributed by atoms with Gasteiger partial charge in [0.25, 0.3) is 0 Å². The lowest BCUT2D eigenvalue weighted by atomic mass is 10.1. The lowest BCUT2D eigenvalue weighted by Gasteiger charge is -2.06. The summed E-state index contributed by atoms with van der Waals surface area (Å²) in [4.78, 5) is 0. The van der Waals surface area contributed by atoms with E-state index in [9.17, 15) is 0 Å². The number of hydrogen-bond donors (Lipinski definition) is 1. The van der Waals surface area contributed by atoms with Gasteiger partial charge in [-0.1, -0.05) is 17.7 Å². The number of nitrogens with zero attached hydrogens (tertiary/aromatic N) is 3. The standard InChI is InChI=1S/C10H15BrN4/c1-15-9(10(11)13-14-15)7-4-2-3-5-8(12)6-7/h6,8H,2-5,12H2,1H3. The molecule has 0 saturated heterocycles. The van der Waals surface area contributed by atoms with Gasteiger partial charge in [0.15, 0.2) is 4.60 Å². The predicted molar refractivity (Wildman–Crippen MR) is 63.1 cm³/mol. The molecule has 2 N–H and O–H groups in total. The summed E-state index contributed by atoms with van der Waals surface area (Å²) in [5, 5.41) is 7.98. The zero-order valence-corrected chi connectivity index (χ0v) is 10.4. The second-order valence-electron chi connectivity index (χ2n) is 3.95. The third-order valence-electron chi connectivity index (χ3n) is 2.74. The van der Waals surface area contributed by atoms with Gasteiger partial charge in [0, 0.05) is 13.1 Å². The van der Waals surface area contributed by atoms with Gasteiger partial charge in [-0.15, -0.1) is 5.10 Å². The van der Waals surface area contributed by atoms with Crippen LogP contribution in [0.4, 0.5) is 0 Å². The molecule has 1 unspecified atom stereocenters. The summed E-state index contributed by atoms with van der Waals surface area (Å²) in [7, 11) is 1.91. The molecule has 1 aliphatic carbocycles. The number of aromatic nitrogens is 3. The van der Waals surface area contributed by atoms with Crippen molar-refractivity contribution in [3.05, 3.63) is 16.4 Å². The van der Waals surface area contributed by atoms with E-state index < -0.39 is 0 Å². The van der Waals surface area contributed by atoms with Crippen molar-refractivity contribution in [1.82, 2.24) is 15.0 Å². The quantitative estimate of drug-likeness (QED) is 0.848. The van der Waals surface area contributed by atoms with E-state index in [0.717, 1.165) is 23.1 Å². The number of halogens is 1. The first-order chi connectivity index (χ1) is 7.18. The fourth-order valence-electron chi connectivity index (χ4n) is 1.99. The van der Waals surface area contributed by atoms with Gasteiger partial charge in [0.2, 0.25) is 0 Å². The van der Waals surface area contributed by atoms with Gasteiger partial charge >= 0.3 is 0 Å². The average molecular weight is 271 g/mol. The molecular formula is C10H15BrN4. The van der Waals surface area contributed by atoms with Gasteiger partial charge in [0.1, 0.15) is 0 Å². The van der Waals surface area contributed by atoms with E-state index in [1.807, 2.05) is 7.05 Å². The van der Waals surface area contributed by atoms with Crippen LogP contribution in [0, 0.1) is 0 Å². The molecule has 1 aliphatic rings. The Morgan fingerprint density at radius 2 is 2.33 bits per heavy atom. The van der Waals surface area contributed by atoms with E-state index in [1.165, 1.54) is 18.4 Å². The molecule has 0 aliphatic heterocycles. The maximum atomic E-state index is 5.99. The Balaban J connectivity index is 2.36. The highest BCUT2D eigenvalue weighted by atomic mass is 79.9. The maximum Gasteiger partial charge on any atom is 0.155 e. The van der Waals surface area contributed by atoms with Crippen LogP contribution < -0.4 is 5.73 Å². The summed E-state index contributed by atoms with van der Waals surface area (Å²) >= 11 is 3.42. The van der Waals surface area contributed by atoms with E-state index in [-0.39, 0.29) is 6.04 Å². The highest BCUT2D eigenvalue weighted by molar-refractivity contribution is 9.10. The molecule has 1 heterocycles. The molecule has 1 aromatic heterocycles. The molecule has 0 radical (unpaired) electrons. The molecule has 0 spiro atoms. The summed E-state index contributed by atoms with van der Waals surface area (Å²) < 4.78 is 2.61. The third-order valence-corrected chi connectivity index (χ3v) is 3.27. The lowest BCUT2D eigenvalue weighted by Crippen LogP contribution is -2.16. The Hall–Kier alpha value is -0.680. The molecule has 1 aromatic rings. The first-order valence-electron chi connectivity index (χ1n) is 5.20. The van der Waals surface area contributed by atoms with Crippen molar-refractivity contribution >= 4 is 21.5 Å². The van der Waals surface area contributed by atoms with Crippen molar-refractivity contribution in [2.24, 2.45) is 12.8 Å². The van der Waals surface area contributed by atoms with E-state index in [4.69, 9.17) is 5.73 Å². The zero-order valence-electron chi connectivity index (χ0n) is 8.78. The predicted octanol–water partition coefficient (Wildman–Crippen LogP) is 1.86. The van der Waals surface area contributed by atoms with Gasteiger partial charge in [-0.25, -0.2) is 4.68 Å². The van der Waals surface area contributed by atoms with Crippen LogP contribution in [0.15, 0.2) is 10.7 Å². The van der Waals surface area contributed by atoms with Crippen molar-refractivity contribution in [3.8, 4) is 0 Å². The third kappa shape index (κ3) is 2.29. The SMILES string of the molecule is Cn1nnc(Br)c1C1=CC(N)CCCC1. The van der Waals surface area contributed by atoms with Crippen molar-refractivity contribution in [2.45, 2.75) is 31.7 Å². The number of nitrogens with two attached hydrogens (primary N) is 1. The van der Waals surface area contributed by atoms with Gasteiger partial charge in [-0.3, -0.25) is 0 Å². The zero-order chi connectivity index (χ0) is 10.8. The second kappa shape index (κ2) is 4.45. The van der Waals surface area contributed by atoms with E-state index in [0.29, 0.717) is 0 Å². The van der Waals surface area contributed by atoms with E-state index in [2.05, 4.69) is 32.3 Å². The van der Waals surface area contributed by atoms with Gasteiger partial charge in [0.05, 0.1) is 5.69 Å². The van der Waals surface area contributed by atoms with Gasteiger partial charge < -0.3 is 5.73 Å². The smallest absolute Gasteiger partial charge is 0.155 e. The minimum atomic E-state index is 0.171. The minimum absolute atomic E-state index is 0.171. The molecule has 0 saturated carbocycles. The number of rotatable bonds is 1. The van der Waals surface area contributed by atoms with Crippen LogP contribution >= 0.6 is 15.9 Å². The van der Waals surface area contributed by atoms with Crippen molar-refractivity contribution in [1.29, 1.82) is 0 Å². The normalized spacial score (nSPS) is 22.3.